The summed E-state index contributed by atoms with van der Waals surface area (Å²) < 4.78 is 36.8. The lowest BCUT2D eigenvalue weighted by atomic mass is 9.86. The first-order chi connectivity index (χ1) is 10.8. The number of carbonyl (C=O) groups excluding carboxylic acids is 2. The Morgan fingerprint density at radius 3 is 2.00 bits per heavy atom. The highest BCUT2D eigenvalue weighted by atomic mass is 19.4. The largest absolute Gasteiger partial charge is 0.397 e. The van der Waals surface area contributed by atoms with E-state index in [1.807, 2.05) is 0 Å². The summed E-state index contributed by atoms with van der Waals surface area (Å²) in [4.78, 5) is 26.9. The number of hydrogen-bond acceptors (Lipinski definition) is 2. The third-order valence-electron chi connectivity index (χ3n) is 5.66. The molecule has 23 heavy (non-hydrogen) atoms. The number of halogens is 3. The van der Waals surface area contributed by atoms with Gasteiger partial charge in [0.05, 0.1) is 0 Å². The fraction of sp³-hybridized carbons (Fsp3) is 0.875. The molecule has 0 unspecified atom stereocenters. The number of piperazine rings is 1. The van der Waals surface area contributed by atoms with Crippen molar-refractivity contribution < 1.29 is 22.8 Å². The monoisotopic (exact) mass is 332 g/mol. The van der Waals surface area contributed by atoms with Gasteiger partial charge >= 0.3 is 6.18 Å². The maximum Gasteiger partial charge on any atom is 0.397 e. The summed E-state index contributed by atoms with van der Waals surface area (Å²) in [5.41, 5.74) is 0. The molecule has 0 aromatic rings. The van der Waals surface area contributed by atoms with E-state index < -0.39 is 18.5 Å². The van der Waals surface area contributed by atoms with Gasteiger partial charge in [0.1, 0.15) is 6.42 Å². The fourth-order valence-corrected chi connectivity index (χ4v) is 4.47. The summed E-state index contributed by atoms with van der Waals surface area (Å²) in [6, 6.07) is 0. The van der Waals surface area contributed by atoms with Gasteiger partial charge in [-0.3, -0.25) is 9.59 Å². The number of fused-ring (bicyclic) bond motifs is 2. The zero-order chi connectivity index (χ0) is 16.6. The third-order valence-corrected chi connectivity index (χ3v) is 5.66. The normalized spacial score (nSPS) is 30.8. The van der Waals surface area contributed by atoms with Crippen molar-refractivity contribution in [2.75, 3.05) is 26.2 Å². The van der Waals surface area contributed by atoms with Gasteiger partial charge in [-0.2, -0.15) is 13.2 Å². The van der Waals surface area contributed by atoms with Gasteiger partial charge < -0.3 is 9.80 Å². The summed E-state index contributed by atoms with van der Waals surface area (Å²) in [5.74, 6) is 1.20. The molecule has 2 amide bonds. The molecule has 0 N–H and O–H groups in total. The predicted octanol–water partition coefficient (Wildman–Crippen LogP) is 2.44. The Hall–Kier alpha value is -1.27. The molecule has 0 spiro atoms. The van der Waals surface area contributed by atoms with Crippen LogP contribution in [0.5, 0.6) is 0 Å². The van der Waals surface area contributed by atoms with Gasteiger partial charge in [0.15, 0.2) is 0 Å². The molecule has 2 saturated carbocycles. The minimum absolute atomic E-state index is 0.102. The average molecular weight is 332 g/mol. The van der Waals surface area contributed by atoms with E-state index in [0.29, 0.717) is 31.3 Å². The lowest BCUT2D eigenvalue weighted by Gasteiger charge is -2.36. The zero-order valence-electron chi connectivity index (χ0n) is 13.1. The number of rotatable bonds is 3. The molecular formula is C16H23F3N2O2. The Morgan fingerprint density at radius 2 is 1.52 bits per heavy atom. The second-order valence-electron chi connectivity index (χ2n) is 7.19. The molecule has 3 fully saturated rings. The van der Waals surface area contributed by atoms with Crippen LogP contribution in [0, 0.1) is 17.8 Å². The highest BCUT2D eigenvalue weighted by Gasteiger charge is 2.41. The Labute approximate surface area is 134 Å². The van der Waals surface area contributed by atoms with E-state index in [0.717, 1.165) is 12.3 Å². The number of nitrogens with zero attached hydrogens (tertiary/aromatic N) is 2. The number of amides is 2. The summed E-state index contributed by atoms with van der Waals surface area (Å²) in [6.07, 6.45) is -0.356. The Kier molecular flexibility index (Phi) is 4.56. The number of hydrogen-bond donors (Lipinski definition) is 0. The first-order valence-corrected chi connectivity index (χ1v) is 8.44. The molecule has 0 aromatic carbocycles. The van der Waals surface area contributed by atoms with Crippen LogP contribution in [0.4, 0.5) is 13.2 Å². The molecule has 4 nitrogen and oxygen atoms in total. The van der Waals surface area contributed by atoms with E-state index in [-0.39, 0.29) is 19.0 Å². The van der Waals surface area contributed by atoms with Crippen LogP contribution in [-0.4, -0.2) is 54.0 Å². The summed E-state index contributed by atoms with van der Waals surface area (Å²) in [7, 11) is 0. The quantitative estimate of drug-likeness (QED) is 0.796. The molecule has 0 radical (unpaired) electrons. The van der Waals surface area contributed by atoms with Gasteiger partial charge in [0.2, 0.25) is 11.8 Å². The molecule has 2 aliphatic carbocycles. The highest BCUT2D eigenvalue weighted by molar-refractivity contribution is 5.79. The Bertz CT molecular complexity index is 472. The number of carbonyl (C=O) groups is 2. The first-order valence-electron chi connectivity index (χ1n) is 8.44. The molecule has 1 aliphatic heterocycles. The van der Waals surface area contributed by atoms with Crippen LogP contribution in [-0.2, 0) is 9.59 Å². The van der Waals surface area contributed by atoms with Crippen LogP contribution in [0.1, 0.15) is 38.5 Å². The standard InChI is InChI=1S/C16H23F3N2O2/c17-16(18,19)10-15(23)21-5-3-20(4-6-21)14(22)9-13-8-11-1-2-12(13)7-11/h11-13H,1-10H2/t11-,12-,13+/m0/s1. The maximum absolute atomic E-state index is 12.4. The van der Waals surface area contributed by atoms with Crippen LogP contribution in [0.3, 0.4) is 0 Å². The van der Waals surface area contributed by atoms with Gasteiger partial charge in [-0.25, -0.2) is 0 Å². The van der Waals surface area contributed by atoms with Gasteiger partial charge in [-0.15, -0.1) is 0 Å². The number of alkyl halides is 3. The predicted molar refractivity (Wildman–Crippen MR) is 77.4 cm³/mol. The SMILES string of the molecule is O=C(C[C@H]1C[C@H]2CC[C@H]1C2)N1CCN(C(=O)CC(F)(F)F)CC1. The topological polar surface area (TPSA) is 40.6 Å². The molecule has 130 valence electrons. The molecule has 0 aromatic heterocycles. The molecule has 3 atom stereocenters. The average Bonchev–Trinajstić information content (AvgIpc) is 3.08. The zero-order valence-corrected chi connectivity index (χ0v) is 13.1. The Balaban J connectivity index is 1.43. The lowest BCUT2D eigenvalue weighted by molar-refractivity contribution is -0.163. The Morgan fingerprint density at radius 1 is 0.913 bits per heavy atom. The first kappa shape index (κ1) is 16.6. The van der Waals surface area contributed by atoms with Crippen LogP contribution in [0.15, 0.2) is 0 Å². The molecule has 3 aliphatic rings. The molecule has 2 bridgehead atoms. The van der Waals surface area contributed by atoms with Gasteiger partial charge in [-0.1, -0.05) is 6.42 Å². The third kappa shape index (κ3) is 3.98. The van der Waals surface area contributed by atoms with Gasteiger partial charge in [0, 0.05) is 32.6 Å². The van der Waals surface area contributed by atoms with Crippen molar-refractivity contribution in [3.8, 4) is 0 Å². The minimum atomic E-state index is -4.47. The van der Waals surface area contributed by atoms with Crippen molar-refractivity contribution in [2.45, 2.75) is 44.7 Å². The molecule has 1 saturated heterocycles. The van der Waals surface area contributed by atoms with Crippen molar-refractivity contribution in [3.05, 3.63) is 0 Å². The van der Waals surface area contributed by atoms with Crippen LogP contribution in [0.2, 0.25) is 0 Å². The van der Waals surface area contributed by atoms with Crippen LogP contribution in [0.25, 0.3) is 0 Å². The van der Waals surface area contributed by atoms with Gasteiger partial charge in [0.25, 0.3) is 0 Å². The molecule has 1 heterocycles. The summed E-state index contributed by atoms with van der Waals surface area (Å²) in [5, 5.41) is 0. The molecular weight excluding hydrogens is 309 g/mol. The smallest absolute Gasteiger partial charge is 0.339 e. The molecule has 7 heteroatoms. The van der Waals surface area contributed by atoms with E-state index in [4.69, 9.17) is 0 Å². The van der Waals surface area contributed by atoms with Gasteiger partial charge in [-0.05, 0) is 37.0 Å². The van der Waals surface area contributed by atoms with E-state index in [2.05, 4.69) is 0 Å². The lowest BCUT2D eigenvalue weighted by Crippen LogP contribution is -2.51. The maximum atomic E-state index is 12.4. The van der Waals surface area contributed by atoms with Crippen molar-refractivity contribution >= 4 is 11.8 Å². The minimum Gasteiger partial charge on any atom is -0.339 e. The van der Waals surface area contributed by atoms with Crippen molar-refractivity contribution in [1.82, 2.24) is 9.80 Å². The van der Waals surface area contributed by atoms with Crippen LogP contribution >= 0.6 is 0 Å². The summed E-state index contributed by atoms with van der Waals surface area (Å²) >= 11 is 0. The van der Waals surface area contributed by atoms with Crippen LogP contribution < -0.4 is 0 Å². The second kappa shape index (κ2) is 6.32. The van der Waals surface area contributed by atoms with Crippen molar-refractivity contribution in [3.63, 3.8) is 0 Å². The van der Waals surface area contributed by atoms with Crippen molar-refractivity contribution in [1.29, 1.82) is 0 Å². The molecule has 3 rings (SSSR count). The fourth-order valence-electron chi connectivity index (χ4n) is 4.47. The van der Waals surface area contributed by atoms with E-state index in [1.165, 1.54) is 24.2 Å². The van der Waals surface area contributed by atoms with Crippen molar-refractivity contribution in [2.24, 2.45) is 17.8 Å². The van der Waals surface area contributed by atoms with E-state index in [9.17, 15) is 22.8 Å². The second-order valence-corrected chi connectivity index (χ2v) is 7.19. The highest BCUT2D eigenvalue weighted by Crippen LogP contribution is 2.49. The van der Waals surface area contributed by atoms with E-state index in [1.54, 1.807) is 4.90 Å². The summed E-state index contributed by atoms with van der Waals surface area (Å²) in [6.45, 7) is 1.11. The van der Waals surface area contributed by atoms with E-state index >= 15 is 0 Å².